The second-order valence-corrected chi connectivity index (χ2v) is 10.4. The van der Waals surface area contributed by atoms with Gasteiger partial charge in [0, 0.05) is 19.3 Å². The third kappa shape index (κ3) is 10.4. The molecule has 0 atom stereocenters. The fourth-order valence-corrected chi connectivity index (χ4v) is 3.16. The number of benzene rings is 2. The summed E-state index contributed by atoms with van der Waals surface area (Å²) in [4.78, 5) is 57.7. The van der Waals surface area contributed by atoms with Crippen molar-refractivity contribution >= 4 is 46.9 Å². The summed E-state index contributed by atoms with van der Waals surface area (Å²) >= 11 is 0. The molecule has 3 aromatic rings. The van der Waals surface area contributed by atoms with E-state index in [2.05, 4.69) is 15.6 Å². The number of hydrogen-bond donors (Lipinski definition) is 2. The minimum Gasteiger partial charge on any atom is -0.444 e. The second kappa shape index (κ2) is 13.2. The first-order valence-corrected chi connectivity index (χ1v) is 12.1. The molecule has 12 heteroatoms. The largest absolute Gasteiger partial charge is 0.444 e. The maximum Gasteiger partial charge on any atom is 0.414 e. The SMILES string of the molecule is Cn1ccc2ccc(OC(=O)c3ccc(N=C(NC(=O)OC(C)(C)C)NC(=O)OC(C)(C)C)cc3)cc21.O=C=O. The van der Waals surface area contributed by atoms with Crippen LogP contribution in [0.3, 0.4) is 0 Å². The highest BCUT2D eigenvalue weighted by Gasteiger charge is 2.21. The number of aliphatic imine (C=N–C) groups is 1. The molecule has 0 saturated heterocycles. The van der Waals surface area contributed by atoms with E-state index in [9.17, 15) is 14.4 Å². The fraction of sp³-hybridized carbons (Fsp3) is 0.321. The van der Waals surface area contributed by atoms with Crippen LogP contribution in [-0.2, 0) is 26.1 Å². The molecule has 0 aliphatic heterocycles. The molecule has 2 aromatic carbocycles. The van der Waals surface area contributed by atoms with Gasteiger partial charge in [0.25, 0.3) is 0 Å². The Hall–Kier alpha value is -4.96. The van der Waals surface area contributed by atoms with Crippen molar-refractivity contribution < 1.29 is 38.2 Å². The van der Waals surface area contributed by atoms with Crippen molar-refractivity contribution in [1.82, 2.24) is 15.2 Å². The normalized spacial score (nSPS) is 10.8. The van der Waals surface area contributed by atoms with Crippen LogP contribution in [0.4, 0.5) is 15.3 Å². The number of rotatable bonds is 3. The highest BCUT2D eigenvalue weighted by atomic mass is 16.6. The summed E-state index contributed by atoms with van der Waals surface area (Å²) in [6.07, 6.45) is 0.564. The monoisotopic (exact) mass is 552 g/mol. The molecule has 0 aliphatic carbocycles. The zero-order chi connectivity index (χ0) is 30.1. The van der Waals surface area contributed by atoms with Crippen LogP contribution in [0, 0.1) is 0 Å². The summed E-state index contributed by atoms with van der Waals surface area (Å²) in [5.41, 5.74) is 0.0796. The highest BCUT2D eigenvalue weighted by Crippen LogP contribution is 2.23. The van der Waals surface area contributed by atoms with Gasteiger partial charge in [-0.3, -0.25) is 10.6 Å². The standard InChI is InChI=1S/C27H32N4O6.CO2/c1-26(2,3)36-24(33)29-23(30-25(34)37-27(4,5)6)28-19-11-8-18(9-12-19)22(32)35-20-13-10-17-14-15-31(7)21(17)16-20;2-1-3/h8-16H,1-7H3,(H2,28,29,30,33,34);. The van der Waals surface area contributed by atoms with Gasteiger partial charge in [0.15, 0.2) is 0 Å². The molecule has 0 radical (unpaired) electrons. The molecule has 12 nitrogen and oxygen atoms in total. The third-order valence-corrected chi connectivity index (χ3v) is 4.65. The Morgan fingerprint density at radius 1 is 0.825 bits per heavy atom. The van der Waals surface area contributed by atoms with E-state index in [1.165, 1.54) is 12.1 Å². The number of nitrogens with one attached hydrogen (secondary N) is 2. The van der Waals surface area contributed by atoms with E-state index in [1.54, 1.807) is 65.8 Å². The smallest absolute Gasteiger partial charge is 0.414 e. The van der Waals surface area contributed by atoms with Gasteiger partial charge in [-0.1, -0.05) is 0 Å². The van der Waals surface area contributed by atoms with Crippen LogP contribution in [0.25, 0.3) is 10.9 Å². The Balaban J connectivity index is 0.00000178. The number of nitrogens with zero attached hydrogens (tertiary/aromatic N) is 2. The van der Waals surface area contributed by atoms with Crippen LogP contribution in [0.5, 0.6) is 5.75 Å². The predicted molar refractivity (Wildman–Crippen MR) is 145 cm³/mol. The van der Waals surface area contributed by atoms with Crippen molar-refractivity contribution in [2.75, 3.05) is 0 Å². The van der Waals surface area contributed by atoms with Crippen molar-refractivity contribution in [3.05, 3.63) is 60.3 Å². The van der Waals surface area contributed by atoms with Gasteiger partial charge in [-0.2, -0.15) is 9.59 Å². The topological polar surface area (TPSA) is 154 Å². The molecule has 212 valence electrons. The van der Waals surface area contributed by atoms with Crippen molar-refractivity contribution in [2.24, 2.45) is 12.0 Å². The average Bonchev–Trinajstić information content (AvgIpc) is 3.17. The van der Waals surface area contributed by atoms with Gasteiger partial charge in [0.1, 0.15) is 17.0 Å². The van der Waals surface area contributed by atoms with Crippen LogP contribution in [0.1, 0.15) is 51.9 Å². The number of esters is 1. The Bertz CT molecular complexity index is 1390. The first-order valence-electron chi connectivity index (χ1n) is 12.1. The molecule has 0 saturated carbocycles. The van der Waals surface area contributed by atoms with E-state index in [4.69, 9.17) is 23.8 Å². The number of amides is 2. The molecule has 2 amide bonds. The summed E-state index contributed by atoms with van der Waals surface area (Å²) in [7, 11) is 1.91. The summed E-state index contributed by atoms with van der Waals surface area (Å²) in [6, 6.07) is 13.5. The number of fused-ring (bicyclic) bond motifs is 1. The molecule has 0 aliphatic rings. The number of carbonyl (C=O) groups is 3. The Labute approximate surface area is 231 Å². The number of carbonyl (C=O) groups excluding carboxylic acids is 5. The Morgan fingerprint density at radius 2 is 1.35 bits per heavy atom. The lowest BCUT2D eigenvalue weighted by atomic mass is 10.2. The quantitative estimate of drug-likeness (QED) is 0.202. The molecule has 40 heavy (non-hydrogen) atoms. The minimum atomic E-state index is -0.808. The molecular formula is C28H32N4O8. The summed E-state index contributed by atoms with van der Waals surface area (Å²) in [6.45, 7) is 10.3. The number of guanidine groups is 1. The maximum atomic E-state index is 12.7. The van der Waals surface area contributed by atoms with Gasteiger partial charge in [-0.25, -0.2) is 19.4 Å². The molecule has 0 fully saturated rings. The number of ether oxygens (including phenoxy) is 3. The van der Waals surface area contributed by atoms with Gasteiger partial charge >= 0.3 is 24.3 Å². The van der Waals surface area contributed by atoms with Crippen molar-refractivity contribution in [1.29, 1.82) is 0 Å². The van der Waals surface area contributed by atoms with E-state index in [1.807, 2.05) is 29.9 Å². The van der Waals surface area contributed by atoms with E-state index in [-0.39, 0.29) is 12.1 Å². The minimum absolute atomic E-state index is 0.199. The van der Waals surface area contributed by atoms with E-state index >= 15 is 0 Å². The van der Waals surface area contributed by atoms with Gasteiger partial charge in [-0.05, 0) is 89.4 Å². The average molecular weight is 553 g/mol. The van der Waals surface area contributed by atoms with Crippen LogP contribution < -0.4 is 15.4 Å². The summed E-state index contributed by atoms with van der Waals surface area (Å²) in [5, 5.41) is 5.86. The molecule has 2 N–H and O–H groups in total. The number of alkyl carbamates (subject to hydrolysis) is 2. The third-order valence-electron chi connectivity index (χ3n) is 4.65. The maximum absolute atomic E-state index is 12.7. The van der Waals surface area contributed by atoms with Crippen molar-refractivity contribution in [3.63, 3.8) is 0 Å². The van der Waals surface area contributed by atoms with E-state index < -0.39 is 29.4 Å². The second-order valence-electron chi connectivity index (χ2n) is 10.4. The lowest BCUT2D eigenvalue weighted by molar-refractivity contribution is -0.191. The fourth-order valence-electron chi connectivity index (χ4n) is 3.16. The Kier molecular flexibility index (Phi) is 10.3. The molecule has 0 bridgehead atoms. The zero-order valence-electron chi connectivity index (χ0n) is 23.4. The van der Waals surface area contributed by atoms with Crippen LogP contribution >= 0.6 is 0 Å². The molecule has 0 spiro atoms. The highest BCUT2D eigenvalue weighted by molar-refractivity contribution is 6.02. The first kappa shape index (κ1) is 31.3. The van der Waals surface area contributed by atoms with E-state index in [0.29, 0.717) is 17.0 Å². The van der Waals surface area contributed by atoms with Crippen LogP contribution in [0.2, 0.25) is 0 Å². The summed E-state index contributed by atoms with van der Waals surface area (Å²) in [5.74, 6) is -0.315. The molecule has 1 aromatic heterocycles. The Morgan fingerprint density at radius 3 is 1.85 bits per heavy atom. The molecule has 1 heterocycles. The van der Waals surface area contributed by atoms with Gasteiger partial charge < -0.3 is 18.8 Å². The summed E-state index contributed by atoms with van der Waals surface area (Å²) < 4.78 is 17.9. The first-order chi connectivity index (χ1) is 18.6. The number of aromatic nitrogens is 1. The predicted octanol–water partition coefficient (Wildman–Crippen LogP) is 4.85. The lowest BCUT2D eigenvalue weighted by Gasteiger charge is -2.22. The van der Waals surface area contributed by atoms with Gasteiger partial charge in [0.05, 0.1) is 16.8 Å². The number of aryl methyl sites for hydroxylation is 1. The van der Waals surface area contributed by atoms with Gasteiger partial charge in [0.2, 0.25) is 5.96 Å². The molecule has 3 rings (SSSR count). The number of hydrogen-bond acceptors (Lipinski definition) is 9. The zero-order valence-corrected chi connectivity index (χ0v) is 23.4. The van der Waals surface area contributed by atoms with Gasteiger partial charge in [-0.15, -0.1) is 0 Å². The van der Waals surface area contributed by atoms with Crippen molar-refractivity contribution in [2.45, 2.75) is 52.7 Å². The van der Waals surface area contributed by atoms with Crippen LogP contribution in [0.15, 0.2) is 59.7 Å². The van der Waals surface area contributed by atoms with Crippen molar-refractivity contribution in [3.8, 4) is 5.75 Å². The lowest BCUT2D eigenvalue weighted by Crippen LogP contribution is -2.47. The van der Waals surface area contributed by atoms with E-state index in [0.717, 1.165) is 10.9 Å². The molecular weight excluding hydrogens is 520 g/mol. The van der Waals surface area contributed by atoms with Crippen LogP contribution in [-0.4, -0.2) is 46.0 Å². The molecule has 0 unspecified atom stereocenters.